The molecule has 0 atom stereocenters. The minimum Gasteiger partial charge on any atom is -0.481 e. The molecule has 0 fully saturated rings. The van der Waals surface area contributed by atoms with Gasteiger partial charge < -0.3 is 25.0 Å². The number of rotatable bonds is 15. The van der Waals surface area contributed by atoms with Crippen molar-refractivity contribution in [2.75, 3.05) is 18.5 Å². The van der Waals surface area contributed by atoms with Gasteiger partial charge in [-0.1, -0.05) is 26.2 Å². The maximum absolute atomic E-state index is 12.5. The molecule has 0 spiro atoms. The molecule has 11 nitrogen and oxygen atoms in total. The number of hydrogen-bond acceptors (Lipinski definition) is 7. The van der Waals surface area contributed by atoms with Gasteiger partial charge >= 0.3 is 12.1 Å². The van der Waals surface area contributed by atoms with Crippen LogP contribution in [0.15, 0.2) is 42.5 Å². The summed E-state index contributed by atoms with van der Waals surface area (Å²) in [5.41, 5.74) is 3.47. The molecule has 2 aromatic carbocycles. The first-order valence-electron chi connectivity index (χ1n) is 13.6. The molecular weight excluding hydrogens is 512 g/mol. The lowest BCUT2D eigenvalue weighted by Gasteiger charge is -2.10. The fourth-order valence-electron chi connectivity index (χ4n) is 4.09. The Bertz CT molecular complexity index is 1320. The Morgan fingerprint density at radius 2 is 1.75 bits per heavy atom. The monoisotopic (exact) mass is 550 g/mol. The number of aromatic nitrogens is 2. The lowest BCUT2D eigenvalue weighted by atomic mass is 10.2. The minimum absolute atomic E-state index is 0.0273. The number of unbranched alkanes of at least 4 members (excludes halogenated alkanes) is 4. The van der Waals surface area contributed by atoms with Crippen LogP contribution in [0.3, 0.4) is 0 Å². The number of carbonyl (C=O) groups is 3. The average Bonchev–Trinajstić information content (AvgIpc) is 3.26. The van der Waals surface area contributed by atoms with E-state index in [-0.39, 0.29) is 18.2 Å². The molecule has 0 saturated carbocycles. The van der Waals surface area contributed by atoms with E-state index in [1.54, 1.807) is 24.3 Å². The molecular formula is C29H38N6O5. The molecule has 0 aliphatic heterocycles. The van der Waals surface area contributed by atoms with Crippen molar-refractivity contribution in [1.29, 1.82) is 5.41 Å². The Kier molecular flexibility index (Phi) is 11.5. The van der Waals surface area contributed by atoms with Gasteiger partial charge in [0.1, 0.15) is 11.7 Å². The number of carbonyl (C=O) groups excluding carboxylic acids is 2. The maximum Gasteiger partial charge on any atom is 0.412 e. The number of aliphatic carboxylic acids is 1. The van der Waals surface area contributed by atoms with Crippen LogP contribution in [0.25, 0.3) is 11.0 Å². The maximum atomic E-state index is 12.5. The van der Waals surface area contributed by atoms with Crippen LogP contribution in [-0.2, 0) is 23.1 Å². The first-order chi connectivity index (χ1) is 19.3. The molecule has 0 unspecified atom stereocenters. The topological polar surface area (TPSA) is 158 Å². The number of ether oxygens (including phenoxy) is 1. The smallest absolute Gasteiger partial charge is 0.412 e. The number of imidazole rings is 1. The second kappa shape index (κ2) is 15.2. The van der Waals surface area contributed by atoms with E-state index in [1.807, 2.05) is 29.8 Å². The third-order valence-corrected chi connectivity index (χ3v) is 6.42. The van der Waals surface area contributed by atoms with Crippen molar-refractivity contribution in [3.63, 3.8) is 0 Å². The molecule has 3 rings (SSSR count). The highest BCUT2D eigenvalue weighted by Crippen LogP contribution is 2.18. The molecule has 1 heterocycles. The molecule has 0 saturated heterocycles. The molecule has 0 aliphatic rings. The second-order valence-corrected chi connectivity index (χ2v) is 9.52. The number of nitrogens with one attached hydrogen (secondary N) is 4. The quantitative estimate of drug-likeness (QED) is 0.103. The molecule has 40 heavy (non-hydrogen) atoms. The van der Waals surface area contributed by atoms with Gasteiger partial charge in [-0.05, 0) is 61.7 Å². The third kappa shape index (κ3) is 9.11. The summed E-state index contributed by atoms with van der Waals surface area (Å²) in [6.45, 7) is 3.32. The largest absolute Gasteiger partial charge is 0.481 e. The van der Waals surface area contributed by atoms with E-state index in [0.29, 0.717) is 49.2 Å². The Labute approximate surface area is 233 Å². The zero-order chi connectivity index (χ0) is 28.9. The Balaban J connectivity index is 1.50. The Morgan fingerprint density at radius 3 is 2.48 bits per heavy atom. The van der Waals surface area contributed by atoms with E-state index in [9.17, 15) is 14.4 Å². The molecule has 0 radical (unpaired) electrons. The number of carboxylic acid groups (broad SMARTS) is 1. The summed E-state index contributed by atoms with van der Waals surface area (Å²) >= 11 is 0. The van der Waals surface area contributed by atoms with Crippen LogP contribution in [0, 0.1) is 5.41 Å². The summed E-state index contributed by atoms with van der Waals surface area (Å²) in [6.07, 6.45) is 4.63. The Morgan fingerprint density at radius 1 is 1.00 bits per heavy atom. The lowest BCUT2D eigenvalue weighted by Crippen LogP contribution is -2.31. The summed E-state index contributed by atoms with van der Waals surface area (Å²) in [6, 6.07) is 12.5. The molecule has 1 aromatic heterocycles. The summed E-state index contributed by atoms with van der Waals surface area (Å²) in [4.78, 5) is 39.7. The number of alkyl carbamates (subject to hydrolysis) is 1. The van der Waals surface area contributed by atoms with Crippen molar-refractivity contribution in [3.8, 4) is 0 Å². The molecule has 3 aromatic rings. The van der Waals surface area contributed by atoms with Crippen LogP contribution in [0.5, 0.6) is 0 Å². The highest BCUT2D eigenvalue weighted by molar-refractivity contribution is 6.04. The van der Waals surface area contributed by atoms with E-state index in [1.165, 1.54) is 0 Å². The van der Waals surface area contributed by atoms with Crippen molar-refractivity contribution in [2.45, 2.75) is 58.4 Å². The highest BCUT2D eigenvalue weighted by Gasteiger charge is 2.12. The van der Waals surface area contributed by atoms with Crippen LogP contribution < -0.4 is 16.0 Å². The molecule has 2 amide bonds. The number of amidine groups is 1. The predicted octanol–water partition coefficient (Wildman–Crippen LogP) is 4.80. The number of benzene rings is 2. The lowest BCUT2D eigenvalue weighted by molar-refractivity contribution is -0.137. The number of aryl methyl sites for hydroxylation is 1. The van der Waals surface area contributed by atoms with Gasteiger partial charge in [0.25, 0.3) is 5.91 Å². The number of fused-ring (bicyclic) bond motifs is 1. The van der Waals surface area contributed by atoms with Gasteiger partial charge in [0, 0.05) is 36.8 Å². The minimum atomic E-state index is -0.839. The van der Waals surface area contributed by atoms with Crippen LogP contribution in [-0.4, -0.2) is 51.6 Å². The zero-order valence-electron chi connectivity index (χ0n) is 23.1. The number of nitrogens with zero attached hydrogens (tertiary/aromatic N) is 2. The van der Waals surface area contributed by atoms with Gasteiger partial charge in [-0.2, -0.15) is 0 Å². The first-order valence-corrected chi connectivity index (χ1v) is 13.6. The van der Waals surface area contributed by atoms with E-state index >= 15 is 0 Å². The van der Waals surface area contributed by atoms with Crippen molar-refractivity contribution in [2.24, 2.45) is 7.05 Å². The fraction of sp³-hybridized carbons (Fsp3) is 0.414. The van der Waals surface area contributed by atoms with Gasteiger partial charge in [0.05, 0.1) is 24.2 Å². The van der Waals surface area contributed by atoms with Crippen LogP contribution in [0.4, 0.5) is 10.5 Å². The van der Waals surface area contributed by atoms with E-state index < -0.39 is 12.1 Å². The van der Waals surface area contributed by atoms with Crippen molar-refractivity contribution in [1.82, 2.24) is 20.2 Å². The summed E-state index contributed by atoms with van der Waals surface area (Å²) in [5, 5.41) is 25.4. The molecule has 0 bridgehead atoms. The van der Waals surface area contributed by atoms with Crippen molar-refractivity contribution in [3.05, 3.63) is 59.4 Å². The summed E-state index contributed by atoms with van der Waals surface area (Å²) in [5.74, 6) is -0.306. The molecule has 5 N–H and O–H groups in total. The normalized spacial score (nSPS) is 10.8. The van der Waals surface area contributed by atoms with Gasteiger partial charge in [-0.3, -0.25) is 20.3 Å². The predicted molar refractivity (Wildman–Crippen MR) is 154 cm³/mol. The van der Waals surface area contributed by atoms with Crippen molar-refractivity contribution >= 4 is 40.5 Å². The van der Waals surface area contributed by atoms with E-state index in [0.717, 1.165) is 42.7 Å². The van der Waals surface area contributed by atoms with Gasteiger partial charge in [0.15, 0.2) is 0 Å². The van der Waals surface area contributed by atoms with Crippen LogP contribution >= 0.6 is 0 Å². The first kappa shape index (κ1) is 30.1. The molecule has 0 aliphatic carbocycles. The number of anilines is 1. The zero-order valence-corrected chi connectivity index (χ0v) is 23.1. The standard InChI is InChI=1S/C29H38N6O5/c1-3-4-5-8-17-40-29(39)34-27(30)20-10-13-22(14-11-20)32-19-25-33-23-18-21(12-15-24(23)35(25)2)28(38)31-16-7-6-9-26(36)37/h10-15,18,32H,3-9,16-17,19H2,1-2H3,(H,31,38)(H,36,37)(H2,30,34,39). The van der Waals surface area contributed by atoms with Gasteiger partial charge in [0.2, 0.25) is 0 Å². The second-order valence-electron chi connectivity index (χ2n) is 9.52. The van der Waals surface area contributed by atoms with Crippen molar-refractivity contribution < 1.29 is 24.2 Å². The van der Waals surface area contributed by atoms with E-state index in [2.05, 4.69) is 27.9 Å². The number of amides is 2. The molecule has 11 heteroatoms. The molecule has 214 valence electrons. The summed E-state index contributed by atoms with van der Waals surface area (Å²) < 4.78 is 7.09. The SMILES string of the molecule is CCCCCCOC(=O)NC(=N)c1ccc(NCc2nc3cc(C(=O)NCCCCC(=O)O)ccc3n2C)cc1. The van der Waals surface area contributed by atoms with Gasteiger partial charge in [-0.15, -0.1) is 0 Å². The van der Waals surface area contributed by atoms with Gasteiger partial charge in [-0.25, -0.2) is 9.78 Å². The van der Waals surface area contributed by atoms with Crippen LogP contribution in [0.2, 0.25) is 0 Å². The number of hydrogen-bond donors (Lipinski definition) is 5. The summed E-state index contributed by atoms with van der Waals surface area (Å²) in [7, 11) is 1.91. The highest BCUT2D eigenvalue weighted by atomic mass is 16.5. The van der Waals surface area contributed by atoms with E-state index in [4.69, 9.17) is 15.3 Å². The van der Waals surface area contributed by atoms with Crippen LogP contribution in [0.1, 0.15) is 73.6 Å². The average molecular weight is 551 g/mol. The fourth-order valence-corrected chi connectivity index (χ4v) is 4.09. The Hall–Kier alpha value is -4.41. The third-order valence-electron chi connectivity index (χ3n) is 6.42. The number of carboxylic acids is 1.